The van der Waals surface area contributed by atoms with Crippen LogP contribution in [0.2, 0.25) is 0 Å². The van der Waals surface area contributed by atoms with Crippen molar-refractivity contribution in [3.05, 3.63) is 23.8 Å². The number of aliphatic hydroxyl groups excluding tert-OH is 1. The van der Waals surface area contributed by atoms with E-state index < -0.39 is 16.2 Å². The van der Waals surface area contributed by atoms with E-state index in [2.05, 4.69) is 11.8 Å². The highest BCUT2D eigenvalue weighted by molar-refractivity contribution is 7.85. The zero-order valence-corrected chi connectivity index (χ0v) is 14.0. The van der Waals surface area contributed by atoms with Crippen LogP contribution in [0.1, 0.15) is 37.9 Å². The van der Waals surface area contributed by atoms with Crippen LogP contribution in [0.25, 0.3) is 0 Å². The Hall–Kier alpha value is -1.15. The van der Waals surface area contributed by atoms with Gasteiger partial charge < -0.3 is 14.7 Å². The molecule has 0 radical (unpaired) electrons. The highest BCUT2D eigenvalue weighted by Gasteiger charge is 2.32. The van der Waals surface area contributed by atoms with Crippen LogP contribution in [0.4, 0.5) is 5.69 Å². The van der Waals surface area contributed by atoms with Crippen LogP contribution in [0.5, 0.6) is 0 Å². The average Bonchev–Trinajstić information content (AvgIpc) is 2.54. The molecule has 2 aliphatic rings. The summed E-state index contributed by atoms with van der Waals surface area (Å²) < 4.78 is 37.3. The highest BCUT2D eigenvalue weighted by atomic mass is 32.2. The van der Waals surface area contributed by atoms with E-state index in [-0.39, 0.29) is 4.90 Å². The maximum atomic E-state index is 11.3. The number of anilines is 1. The number of benzene rings is 1. The van der Waals surface area contributed by atoms with E-state index in [0.29, 0.717) is 23.9 Å². The third-order valence-corrected chi connectivity index (χ3v) is 5.90. The average molecular weight is 341 g/mol. The maximum absolute atomic E-state index is 11.3. The van der Waals surface area contributed by atoms with E-state index in [9.17, 15) is 18.1 Å². The number of rotatable bonds is 3. The minimum Gasteiger partial charge on any atom is -0.388 e. The smallest absolute Gasteiger partial charge is 0.294 e. The Morgan fingerprint density at radius 2 is 1.96 bits per heavy atom. The largest absolute Gasteiger partial charge is 0.388 e. The van der Waals surface area contributed by atoms with Crippen molar-refractivity contribution in [3.63, 3.8) is 0 Å². The first-order valence-corrected chi connectivity index (χ1v) is 9.46. The van der Waals surface area contributed by atoms with Crippen LogP contribution in [0, 0.1) is 5.92 Å². The Balaban J connectivity index is 1.93. The van der Waals surface area contributed by atoms with E-state index in [1.54, 1.807) is 6.07 Å². The summed E-state index contributed by atoms with van der Waals surface area (Å²) in [5.41, 5.74) is 1.43. The van der Waals surface area contributed by atoms with Crippen molar-refractivity contribution >= 4 is 15.8 Å². The second kappa shape index (κ2) is 6.39. The zero-order valence-electron chi connectivity index (χ0n) is 13.2. The van der Waals surface area contributed by atoms with Gasteiger partial charge >= 0.3 is 0 Å². The molecule has 0 amide bonds. The summed E-state index contributed by atoms with van der Waals surface area (Å²) in [5, 5.41) is 10.2. The van der Waals surface area contributed by atoms with Gasteiger partial charge in [0, 0.05) is 37.1 Å². The van der Waals surface area contributed by atoms with E-state index in [1.165, 1.54) is 12.1 Å². The molecule has 1 unspecified atom stereocenters. The van der Waals surface area contributed by atoms with Gasteiger partial charge in [0.2, 0.25) is 0 Å². The van der Waals surface area contributed by atoms with Crippen LogP contribution >= 0.6 is 0 Å². The lowest BCUT2D eigenvalue weighted by Gasteiger charge is -2.42. The summed E-state index contributed by atoms with van der Waals surface area (Å²) in [4.78, 5) is 2.07. The number of nitrogens with zero attached hydrogens (tertiary/aromatic N) is 1. The molecule has 0 bridgehead atoms. The Kier molecular flexibility index (Phi) is 4.64. The molecule has 1 fully saturated rings. The quantitative estimate of drug-likeness (QED) is 0.818. The molecule has 2 N–H and O–H groups in total. The van der Waals surface area contributed by atoms with Gasteiger partial charge in [0.15, 0.2) is 0 Å². The molecular formula is C16H23NO5S. The topological polar surface area (TPSA) is 87.1 Å². The van der Waals surface area contributed by atoms with Gasteiger partial charge in [-0.25, -0.2) is 0 Å². The normalized spacial score (nSPS) is 24.3. The monoisotopic (exact) mass is 341 g/mol. The Morgan fingerprint density at radius 1 is 1.26 bits per heavy atom. The lowest BCUT2D eigenvalue weighted by molar-refractivity contribution is 0.0583. The summed E-state index contributed by atoms with van der Waals surface area (Å²) in [5.74, 6) is 0.521. The molecule has 7 heteroatoms. The highest BCUT2D eigenvalue weighted by Crippen LogP contribution is 2.38. The molecule has 1 aromatic carbocycles. The maximum Gasteiger partial charge on any atom is 0.294 e. The van der Waals surface area contributed by atoms with Crippen LogP contribution in [0.3, 0.4) is 0 Å². The lowest BCUT2D eigenvalue weighted by Crippen LogP contribution is -2.44. The fourth-order valence-electron chi connectivity index (χ4n) is 3.63. The van der Waals surface area contributed by atoms with Gasteiger partial charge in [0.1, 0.15) is 0 Å². The third-order valence-electron chi connectivity index (χ3n) is 5.05. The predicted octanol–water partition coefficient (Wildman–Crippen LogP) is 1.99. The summed E-state index contributed by atoms with van der Waals surface area (Å²) in [7, 11) is -4.26. The lowest BCUT2D eigenvalue weighted by atomic mass is 9.89. The molecule has 0 aromatic heterocycles. The van der Waals surface area contributed by atoms with Crippen LogP contribution < -0.4 is 4.90 Å². The molecular weight excluding hydrogens is 318 g/mol. The first kappa shape index (κ1) is 16.7. The van der Waals surface area contributed by atoms with Gasteiger partial charge in [0.25, 0.3) is 10.1 Å². The minimum absolute atomic E-state index is 0.170. The number of hydrogen-bond donors (Lipinski definition) is 2. The molecule has 0 spiro atoms. The minimum atomic E-state index is -4.26. The van der Waals surface area contributed by atoms with Crippen LogP contribution in [0.15, 0.2) is 23.1 Å². The standard InChI is InChI=1S/C16H23NO5S/c1-11(12-5-8-22-9-6-12)17-7-4-16(18)14-10-13(23(19,20)21)2-3-15(14)17/h2-3,10-12,16,18H,4-9H2,1H3,(H,19,20,21)/t11-,16?/m0/s1. The number of aliphatic hydroxyl groups is 1. The SMILES string of the molecule is C[C@@H](C1CCOCC1)N1CCC(O)c2cc(S(=O)(=O)O)ccc21. The molecule has 1 aromatic rings. The fourth-order valence-corrected chi connectivity index (χ4v) is 4.15. The molecule has 23 heavy (non-hydrogen) atoms. The van der Waals surface area contributed by atoms with Gasteiger partial charge in [-0.2, -0.15) is 8.42 Å². The third kappa shape index (κ3) is 3.38. The Bertz CT molecular complexity index is 669. The Morgan fingerprint density at radius 3 is 2.61 bits per heavy atom. The zero-order chi connectivity index (χ0) is 16.6. The van der Waals surface area contributed by atoms with Crippen molar-refractivity contribution in [1.82, 2.24) is 0 Å². The van der Waals surface area contributed by atoms with E-state index in [1.807, 2.05) is 0 Å². The molecule has 6 nitrogen and oxygen atoms in total. The van der Waals surface area contributed by atoms with Gasteiger partial charge in [-0.15, -0.1) is 0 Å². The molecule has 0 aliphatic carbocycles. The predicted molar refractivity (Wildman–Crippen MR) is 86.2 cm³/mol. The van der Waals surface area contributed by atoms with Crippen LogP contribution in [-0.4, -0.2) is 43.9 Å². The number of hydrogen-bond acceptors (Lipinski definition) is 5. The van der Waals surface area contributed by atoms with Crippen molar-refractivity contribution < 1.29 is 22.8 Å². The van der Waals surface area contributed by atoms with E-state index >= 15 is 0 Å². The molecule has 2 atom stereocenters. The summed E-state index contributed by atoms with van der Waals surface area (Å²) in [6.07, 6.45) is 1.87. The second-order valence-corrected chi connectivity index (χ2v) is 7.81. The number of fused-ring (bicyclic) bond motifs is 1. The molecule has 0 saturated carbocycles. The summed E-state index contributed by atoms with van der Waals surface area (Å²) in [6.45, 7) is 4.46. The van der Waals surface area contributed by atoms with Crippen molar-refractivity contribution in [2.45, 2.75) is 43.2 Å². The van der Waals surface area contributed by atoms with Gasteiger partial charge in [0.05, 0.1) is 11.0 Å². The molecule has 2 heterocycles. The molecule has 128 valence electrons. The van der Waals surface area contributed by atoms with Gasteiger partial charge in [-0.1, -0.05) is 0 Å². The first-order chi connectivity index (χ1) is 10.9. The van der Waals surface area contributed by atoms with Crippen molar-refractivity contribution in [2.75, 3.05) is 24.7 Å². The Labute approximate surface area is 136 Å². The first-order valence-electron chi connectivity index (χ1n) is 8.02. The summed E-state index contributed by atoms with van der Waals surface area (Å²) in [6, 6.07) is 4.77. The van der Waals surface area contributed by atoms with Crippen molar-refractivity contribution in [2.24, 2.45) is 5.92 Å². The van der Waals surface area contributed by atoms with Crippen molar-refractivity contribution in [1.29, 1.82) is 0 Å². The van der Waals surface area contributed by atoms with E-state index in [0.717, 1.165) is 38.3 Å². The molecule has 3 rings (SSSR count). The fraction of sp³-hybridized carbons (Fsp3) is 0.625. The van der Waals surface area contributed by atoms with Crippen molar-refractivity contribution in [3.8, 4) is 0 Å². The van der Waals surface area contributed by atoms with Crippen LogP contribution in [-0.2, 0) is 14.9 Å². The second-order valence-electron chi connectivity index (χ2n) is 6.38. The number of ether oxygens (including phenoxy) is 1. The van der Waals surface area contributed by atoms with E-state index in [4.69, 9.17) is 4.74 Å². The van der Waals surface area contributed by atoms with Gasteiger partial charge in [-0.3, -0.25) is 4.55 Å². The molecule has 1 saturated heterocycles. The van der Waals surface area contributed by atoms with Gasteiger partial charge in [-0.05, 0) is 50.3 Å². The molecule has 2 aliphatic heterocycles. The summed E-state index contributed by atoms with van der Waals surface area (Å²) >= 11 is 0.